The topological polar surface area (TPSA) is 84.2 Å². The Morgan fingerprint density at radius 2 is 2.05 bits per heavy atom. The van der Waals surface area contributed by atoms with Crippen LogP contribution in [-0.2, 0) is 16.1 Å². The van der Waals surface area contributed by atoms with Crippen molar-refractivity contribution in [1.29, 1.82) is 0 Å². The Labute approximate surface area is 129 Å². The minimum Gasteiger partial charge on any atom is -0.480 e. The average Bonchev–Trinajstić information content (AvgIpc) is 2.87. The number of nitrogens with one attached hydrogen (secondary N) is 1. The van der Waals surface area contributed by atoms with E-state index in [0.717, 1.165) is 11.0 Å². The van der Waals surface area contributed by atoms with Crippen molar-refractivity contribution in [3.05, 3.63) is 30.6 Å². The fourth-order valence-corrected chi connectivity index (χ4v) is 2.37. The lowest BCUT2D eigenvalue weighted by Gasteiger charge is -2.16. The number of amides is 1. The average molecular weight is 303 g/mol. The van der Waals surface area contributed by atoms with Gasteiger partial charge in [-0.05, 0) is 24.5 Å². The van der Waals surface area contributed by atoms with Gasteiger partial charge in [-0.1, -0.05) is 26.0 Å². The van der Waals surface area contributed by atoms with Gasteiger partial charge < -0.3 is 15.0 Å². The zero-order chi connectivity index (χ0) is 16.1. The van der Waals surface area contributed by atoms with Crippen LogP contribution in [0.25, 0.3) is 11.0 Å². The van der Waals surface area contributed by atoms with Crippen LogP contribution in [0.5, 0.6) is 0 Å². The van der Waals surface area contributed by atoms with Gasteiger partial charge in [0.2, 0.25) is 5.91 Å². The SMILES string of the molecule is CC(C)CC(NC(=O)CCn1cnc2ccccc21)C(=O)O. The number of rotatable bonds is 7. The molecule has 0 aliphatic rings. The number of carboxylic acids is 1. The number of imidazole rings is 1. The molecule has 6 nitrogen and oxygen atoms in total. The maximum atomic E-state index is 12.0. The summed E-state index contributed by atoms with van der Waals surface area (Å²) in [5.74, 6) is -1.04. The molecule has 0 aliphatic carbocycles. The van der Waals surface area contributed by atoms with Crippen LogP contribution in [-0.4, -0.2) is 32.6 Å². The van der Waals surface area contributed by atoms with Crippen LogP contribution in [0.3, 0.4) is 0 Å². The van der Waals surface area contributed by atoms with Crippen LogP contribution in [0.15, 0.2) is 30.6 Å². The van der Waals surface area contributed by atoms with Crippen molar-refractivity contribution in [3.63, 3.8) is 0 Å². The largest absolute Gasteiger partial charge is 0.480 e. The molecule has 1 heterocycles. The number of para-hydroxylation sites is 2. The summed E-state index contributed by atoms with van der Waals surface area (Å²) in [5.41, 5.74) is 1.85. The minimum absolute atomic E-state index is 0.207. The van der Waals surface area contributed by atoms with Gasteiger partial charge in [0.05, 0.1) is 17.4 Å². The molecule has 0 radical (unpaired) electrons. The molecule has 1 aromatic carbocycles. The van der Waals surface area contributed by atoms with Crippen LogP contribution in [0.2, 0.25) is 0 Å². The van der Waals surface area contributed by atoms with Gasteiger partial charge in [-0.2, -0.15) is 0 Å². The quantitative estimate of drug-likeness (QED) is 0.820. The highest BCUT2D eigenvalue weighted by Gasteiger charge is 2.20. The van der Waals surface area contributed by atoms with E-state index in [9.17, 15) is 9.59 Å². The lowest BCUT2D eigenvalue weighted by Crippen LogP contribution is -2.41. The van der Waals surface area contributed by atoms with Gasteiger partial charge in [0.1, 0.15) is 6.04 Å². The van der Waals surface area contributed by atoms with E-state index in [4.69, 9.17) is 5.11 Å². The number of nitrogens with zero attached hydrogens (tertiary/aromatic N) is 2. The Hall–Kier alpha value is -2.37. The zero-order valence-corrected chi connectivity index (χ0v) is 12.8. The number of benzene rings is 1. The molecular weight excluding hydrogens is 282 g/mol. The molecule has 0 fully saturated rings. The maximum Gasteiger partial charge on any atom is 0.326 e. The second kappa shape index (κ2) is 7.06. The molecule has 0 saturated carbocycles. The van der Waals surface area contributed by atoms with E-state index >= 15 is 0 Å². The summed E-state index contributed by atoms with van der Waals surface area (Å²) in [6.07, 6.45) is 2.35. The lowest BCUT2D eigenvalue weighted by atomic mass is 10.0. The molecule has 1 amide bonds. The third-order valence-electron chi connectivity index (χ3n) is 3.45. The normalized spacial score (nSPS) is 12.5. The van der Waals surface area contributed by atoms with E-state index < -0.39 is 12.0 Å². The first-order chi connectivity index (χ1) is 10.5. The number of fused-ring (bicyclic) bond motifs is 1. The number of hydrogen-bond acceptors (Lipinski definition) is 3. The van der Waals surface area contributed by atoms with E-state index in [2.05, 4.69) is 10.3 Å². The summed E-state index contributed by atoms with van der Waals surface area (Å²) < 4.78 is 1.90. The van der Waals surface area contributed by atoms with Gasteiger partial charge in [-0.3, -0.25) is 4.79 Å². The van der Waals surface area contributed by atoms with Gasteiger partial charge in [-0.15, -0.1) is 0 Å². The summed E-state index contributed by atoms with van der Waals surface area (Å²) in [4.78, 5) is 27.4. The van der Waals surface area contributed by atoms with Crippen molar-refractivity contribution in [2.45, 2.75) is 39.3 Å². The molecule has 118 valence electrons. The van der Waals surface area contributed by atoms with Crippen molar-refractivity contribution in [1.82, 2.24) is 14.9 Å². The number of carboxylic acid groups (broad SMARTS) is 1. The van der Waals surface area contributed by atoms with Crippen molar-refractivity contribution < 1.29 is 14.7 Å². The van der Waals surface area contributed by atoms with Crippen molar-refractivity contribution in [3.8, 4) is 0 Å². The van der Waals surface area contributed by atoms with E-state index in [1.165, 1.54) is 0 Å². The van der Waals surface area contributed by atoms with Crippen molar-refractivity contribution >= 4 is 22.9 Å². The van der Waals surface area contributed by atoms with Crippen molar-refractivity contribution in [2.24, 2.45) is 5.92 Å². The number of aryl methyl sites for hydroxylation is 1. The van der Waals surface area contributed by atoms with E-state index in [1.807, 2.05) is 42.7 Å². The molecule has 1 aromatic heterocycles. The highest BCUT2D eigenvalue weighted by atomic mass is 16.4. The third kappa shape index (κ3) is 4.07. The third-order valence-corrected chi connectivity index (χ3v) is 3.45. The predicted molar refractivity (Wildman–Crippen MR) is 83.4 cm³/mol. The van der Waals surface area contributed by atoms with E-state index in [0.29, 0.717) is 13.0 Å². The first-order valence-electron chi connectivity index (χ1n) is 7.39. The molecule has 22 heavy (non-hydrogen) atoms. The van der Waals surface area contributed by atoms with Crippen LogP contribution in [0.4, 0.5) is 0 Å². The second-order valence-electron chi connectivity index (χ2n) is 5.76. The molecule has 0 spiro atoms. The minimum atomic E-state index is -0.991. The first kappa shape index (κ1) is 16.0. The number of aliphatic carboxylic acids is 1. The number of carbonyl (C=O) groups is 2. The van der Waals surface area contributed by atoms with Crippen LogP contribution in [0, 0.1) is 5.92 Å². The Balaban J connectivity index is 1.93. The summed E-state index contributed by atoms with van der Waals surface area (Å²) in [6, 6.07) is 6.86. The summed E-state index contributed by atoms with van der Waals surface area (Å²) in [7, 11) is 0. The zero-order valence-electron chi connectivity index (χ0n) is 12.8. The first-order valence-corrected chi connectivity index (χ1v) is 7.39. The van der Waals surface area contributed by atoms with Gasteiger partial charge in [0.25, 0.3) is 0 Å². The summed E-state index contributed by atoms with van der Waals surface area (Å²) in [6.45, 7) is 4.33. The standard InChI is InChI=1S/C16H21N3O3/c1-11(2)9-13(16(21)22)18-15(20)7-8-19-10-17-12-5-3-4-6-14(12)19/h3-6,10-11,13H,7-9H2,1-2H3,(H,18,20)(H,21,22). The molecule has 1 unspecified atom stereocenters. The van der Waals surface area contributed by atoms with Crippen LogP contribution in [0.1, 0.15) is 26.7 Å². The Bertz CT molecular complexity index is 663. The highest BCUT2D eigenvalue weighted by molar-refractivity contribution is 5.83. The highest BCUT2D eigenvalue weighted by Crippen LogP contribution is 2.12. The fraction of sp³-hybridized carbons (Fsp3) is 0.438. The van der Waals surface area contributed by atoms with E-state index in [1.54, 1.807) is 6.33 Å². The van der Waals surface area contributed by atoms with Crippen molar-refractivity contribution in [2.75, 3.05) is 0 Å². The number of hydrogen-bond donors (Lipinski definition) is 2. The predicted octanol–water partition coefficient (Wildman–Crippen LogP) is 2.04. The summed E-state index contributed by atoms with van der Waals surface area (Å²) in [5, 5.41) is 11.7. The van der Waals surface area contributed by atoms with Gasteiger partial charge in [-0.25, -0.2) is 9.78 Å². The number of carbonyl (C=O) groups excluding carboxylic acids is 1. The van der Waals surface area contributed by atoms with Crippen LogP contribution < -0.4 is 5.32 Å². The number of aromatic nitrogens is 2. The van der Waals surface area contributed by atoms with E-state index in [-0.39, 0.29) is 18.2 Å². The lowest BCUT2D eigenvalue weighted by molar-refractivity contribution is -0.142. The Morgan fingerprint density at radius 1 is 1.32 bits per heavy atom. The molecule has 2 rings (SSSR count). The molecule has 0 saturated heterocycles. The molecule has 0 aliphatic heterocycles. The second-order valence-corrected chi connectivity index (χ2v) is 5.76. The van der Waals surface area contributed by atoms with Gasteiger partial charge in [0, 0.05) is 13.0 Å². The maximum absolute atomic E-state index is 12.0. The Kier molecular flexibility index (Phi) is 5.14. The molecule has 2 aromatic rings. The molecule has 0 bridgehead atoms. The molecular formula is C16H21N3O3. The van der Waals surface area contributed by atoms with Gasteiger partial charge in [0.15, 0.2) is 0 Å². The van der Waals surface area contributed by atoms with Gasteiger partial charge >= 0.3 is 5.97 Å². The molecule has 6 heteroatoms. The fourth-order valence-electron chi connectivity index (χ4n) is 2.37. The smallest absolute Gasteiger partial charge is 0.326 e. The van der Waals surface area contributed by atoms with Crippen LogP contribution >= 0.6 is 0 Å². The molecule has 1 atom stereocenters. The summed E-state index contributed by atoms with van der Waals surface area (Å²) >= 11 is 0. The monoisotopic (exact) mass is 303 g/mol. The Morgan fingerprint density at radius 3 is 2.73 bits per heavy atom. The molecule has 2 N–H and O–H groups in total.